The molecule has 2 aromatic rings. The first kappa shape index (κ1) is 17.0. The maximum Gasteiger partial charge on any atom is 0.253 e. The van der Waals surface area contributed by atoms with Crippen molar-refractivity contribution in [1.82, 2.24) is 10.3 Å². The highest BCUT2D eigenvalue weighted by atomic mass is 16.1. The third-order valence-electron chi connectivity index (χ3n) is 5.72. The Kier molecular flexibility index (Phi) is 4.35. The van der Waals surface area contributed by atoms with Crippen LogP contribution in [0.4, 0.5) is 0 Å². The number of hydrogen-bond donors (Lipinski definition) is 1. The standard InChI is InChI=1S/C22H24N2O2/c1-13(2)17-11-20(16-7-4-3-6-15(16)17)24-22(26)14-10-18-19(23-12-14)8-5-9-21(18)25/h3-4,6-7,10,12-13,17,20H,5,8-9,11H2,1-2H3,(H,24,26)/t17-,20-/m0/s1. The summed E-state index contributed by atoms with van der Waals surface area (Å²) in [4.78, 5) is 29.3. The molecule has 1 aromatic heterocycles. The Morgan fingerprint density at radius 2 is 1.96 bits per heavy atom. The number of nitrogens with one attached hydrogen (secondary N) is 1. The Hall–Kier alpha value is -2.49. The third-order valence-corrected chi connectivity index (χ3v) is 5.72. The van der Waals surface area contributed by atoms with Crippen molar-refractivity contribution in [1.29, 1.82) is 0 Å². The van der Waals surface area contributed by atoms with E-state index in [1.54, 1.807) is 12.3 Å². The van der Waals surface area contributed by atoms with Crippen molar-refractivity contribution in [2.75, 3.05) is 0 Å². The molecule has 2 atom stereocenters. The first-order valence-corrected chi connectivity index (χ1v) is 9.46. The lowest BCUT2D eigenvalue weighted by atomic mass is 9.90. The van der Waals surface area contributed by atoms with Crippen LogP contribution in [0.5, 0.6) is 0 Å². The van der Waals surface area contributed by atoms with Gasteiger partial charge in [0, 0.05) is 18.2 Å². The summed E-state index contributed by atoms with van der Waals surface area (Å²) in [6, 6.07) is 10.1. The van der Waals surface area contributed by atoms with Crippen LogP contribution in [0.25, 0.3) is 0 Å². The van der Waals surface area contributed by atoms with Crippen LogP contribution >= 0.6 is 0 Å². The number of Topliss-reactive ketones (excluding diaryl/α,β-unsaturated/α-hetero) is 1. The molecule has 0 unspecified atom stereocenters. The molecular weight excluding hydrogens is 324 g/mol. The maximum atomic E-state index is 12.8. The predicted molar refractivity (Wildman–Crippen MR) is 100 cm³/mol. The van der Waals surface area contributed by atoms with Gasteiger partial charge in [0.2, 0.25) is 0 Å². The van der Waals surface area contributed by atoms with Gasteiger partial charge in [-0.25, -0.2) is 0 Å². The molecule has 0 saturated heterocycles. The molecule has 0 fully saturated rings. The molecule has 4 rings (SSSR count). The number of fused-ring (bicyclic) bond motifs is 2. The normalized spacial score (nSPS) is 21.4. The highest BCUT2D eigenvalue weighted by molar-refractivity contribution is 6.01. The SMILES string of the molecule is CC(C)[C@@H]1C[C@H](NC(=O)c2cnc3c(c2)C(=O)CCC3)c2ccccc21. The van der Waals surface area contributed by atoms with Crippen molar-refractivity contribution in [3.05, 3.63) is 64.5 Å². The summed E-state index contributed by atoms with van der Waals surface area (Å²) in [5.41, 5.74) is 4.47. The Morgan fingerprint density at radius 3 is 2.73 bits per heavy atom. The molecule has 2 aliphatic rings. The third kappa shape index (κ3) is 2.94. The minimum absolute atomic E-state index is 0.0119. The van der Waals surface area contributed by atoms with E-state index in [-0.39, 0.29) is 17.7 Å². The van der Waals surface area contributed by atoms with Gasteiger partial charge in [-0.15, -0.1) is 0 Å². The van der Waals surface area contributed by atoms with Crippen molar-refractivity contribution < 1.29 is 9.59 Å². The number of aryl methyl sites for hydroxylation is 1. The first-order valence-electron chi connectivity index (χ1n) is 9.46. The van der Waals surface area contributed by atoms with E-state index in [0.29, 0.717) is 29.4 Å². The molecule has 2 aliphatic carbocycles. The molecule has 1 amide bonds. The number of aromatic nitrogens is 1. The minimum atomic E-state index is -0.150. The summed E-state index contributed by atoms with van der Waals surface area (Å²) in [5, 5.41) is 3.17. The Bertz CT molecular complexity index is 872. The number of carbonyl (C=O) groups excluding carboxylic acids is 2. The summed E-state index contributed by atoms with van der Waals surface area (Å²) in [7, 11) is 0. The summed E-state index contributed by atoms with van der Waals surface area (Å²) in [6.45, 7) is 4.45. The lowest BCUT2D eigenvalue weighted by Crippen LogP contribution is -2.28. The number of pyridine rings is 1. The van der Waals surface area contributed by atoms with Crippen LogP contribution in [0.1, 0.15) is 82.6 Å². The monoisotopic (exact) mass is 348 g/mol. The molecule has 134 valence electrons. The van der Waals surface area contributed by atoms with E-state index in [1.807, 2.05) is 6.07 Å². The largest absolute Gasteiger partial charge is 0.345 e. The van der Waals surface area contributed by atoms with Gasteiger partial charge in [0.15, 0.2) is 5.78 Å². The van der Waals surface area contributed by atoms with Crippen LogP contribution in [0, 0.1) is 5.92 Å². The average Bonchev–Trinajstić information content (AvgIpc) is 3.01. The number of rotatable bonds is 3. The molecular formula is C22H24N2O2. The number of amides is 1. The van der Waals surface area contributed by atoms with Gasteiger partial charge in [-0.3, -0.25) is 14.6 Å². The lowest BCUT2D eigenvalue weighted by Gasteiger charge is -2.18. The molecule has 0 saturated carbocycles. The van der Waals surface area contributed by atoms with Gasteiger partial charge in [0.1, 0.15) is 0 Å². The number of benzene rings is 1. The van der Waals surface area contributed by atoms with E-state index in [2.05, 4.69) is 42.3 Å². The van der Waals surface area contributed by atoms with Crippen LogP contribution in [0.15, 0.2) is 36.5 Å². The zero-order valence-corrected chi connectivity index (χ0v) is 15.3. The molecule has 0 radical (unpaired) electrons. The second-order valence-corrected chi connectivity index (χ2v) is 7.74. The summed E-state index contributed by atoms with van der Waals surface area (Å²) < 4.78 is 0. The van der Waals surface area contributed by atoms with Crippen molar-refractivity contribution >= 4 is 11.7 Å². The molecule has 26 heavy (non-hydrogen) atoms. The van der Waals surface area contributed by atoms with Crippen molar-refractivity contribution in [3.63, 3.8) is 0 Å². The van der Waals surface area contributed by atoms with Crippen molar-refractivity contribution in [2.24, 2.45) is 5.92 Å². The topological polar surface area (TPSA) is 59.1 Å². The predicted octanol–water partition coefficient (Wildman–Crippen LogP) is 4.22. The molecule has 1 aromatic carbocycles. The zero-order valence-electron chi connectivity index (χ0n) is 15.3. The van der Waals surface area contributed by atoms with Gasteiger partial charge in [0.05, 0.1) is 17.3 Å². The van der Waals surface area contributed by atoms with Crippen LogP contribution < -0.4 is 5.32 Å². The number of ketones is 1. The van der Waals surface area contributed by atoms with Crippen molar-refractivity contribution in [2.45, 2.75) is 51.5 Å². The Morgan fingerprint density at radius 1 is 1.19 bits per heavy atom. The highest BCUT2D eigenvalue weighted by Crippen LogP contribution is 2.44. The highest BCUT2D eigenvalue weighted by Gasteiger charge is 2.33. The molecule has 4 heteroatoms. The smallest absolute Gasteiger partial charge is 0.253 e. The van der Waals surface area contributed by atoms with Gasteiger partial charge in [-0.2, -0.15) is 0 Å². The molecule has 1 N–H and O–H groups in total. The van der Waals surface area contributed by atoms with Gasteiger partial charge in [-0.1, -0.05) is 38.1 Å². The fourth-order valence-electron chi connectivity index (χ4n) is 4.29. The number of carbonyl (C=O) groups is 2. The van der Waals surface area contributed by atoms with Gasteiger partial charge in [-0.05, 0) is 48.3 Å². The van der Waals surface area contributed by atoms with Crippen LogP contribution in [-0.2, 0) is 6.42 Å². The maximum absolute atomic E-state index is 12.8. The lowest BCUT2D eigenvalue weighted by molar-refractivity contribution is 0.0934. The van der Waals surface area contributed by atoms with E-state index < -0.39 is 0 Å². The molecule has 0 spiro atoms. The van der Waals surface area contributed by atoms with Crippen LogP contribution in [-0.4, -0.2) is 16.7 Å². The van der Waals surface area contributed by atoms with Gasteiger partial charge >= 0.3 is 0 Å². The summed E-state index contributed by atoms with van der Waals surface area (Å²) >= 11 is 0. The molecule has 1 heterocycles. The Balaban J connectivity index is 1.58. The van der Waals surface area contributed by atoms with Gasteiger partial charge < -0.3 is 5.32 Å². The van der Waals surface area contributed by atoms with E-state index >= 15 is 0 Å². The van der Waals surface area contributed by atoms with E-state index in [9.17, 15) is 9.59 Å². The first-order chi connectivity index (χ1) is 12.5. The van der Waals surface area contributed by atoms with E-state index in [1.165, 1.54) is 11.1 Å². The molecule has 0 bridgehead atoms. The second kappa shape index (κ2) is 6.67. The number of hydrogen-bond acceptors (Lipinski definition) is 3. The van der Waals surface area contributed by atoms with E-state index in [0.717, 1.165) is 25.0 Å². The minimum Gasteiger partial charge on any atom is -0.345 e. The van der Waals surface area contributed by atoms with Crippen LogP contribution in [0.2, 0.25) is 0 Å². The van der Waals surface area contributed by atoms with Crippen molar-refractivity contribution in [3.8, 4) is 0 Å². The zero-order chi connectivity index (χ0) is 18.3. The molecule has 4 nitrogen and oxygen atoms in total. The average molecular weight is 348 g/mol. The fourth-order valence-corrected chi connectivity index (χ4v) is 4.29. The fraction of sp³-hybridized carbons (Fsp3) is 0.409. The summed E-state index contributed by atoms with van der Waals surface area (Å²) in [5.74, 6) is 0.934. The summed E-state index contributed by atoms with van der Waals surface area (Å²) in [6.07, 6.45) is 4.73. The quantitative estimate of drug-likeness (QED) is 0.904. The molecule has 0 aliphatic heterocycles. The second-order valence-electron chi connectivity index (χ2n) is 7.74. The Labute approximate surface area is 154 Å². The van der Waals surface area contributed by atoms with Gasteiger partial charge in [0.25, 0.3) is 5.91 Å². The number of nitrogens with zero attached hydrogens (tertiary/aromatic N) is 1. The van der Waals surface area contributed by atoms with E-state index in [4.69, 9.17) is 0 Å². The van der Waals surface area contributed by atoms with Crippen LogP contribution in [0.3, 0.4) is 0 Å².